The van der Waals surface area contributed by atoms with E-state index in [0.29, 0.717) is 33.4 Å². The van der Waals surface area contributed by atoms with Crippen molar-refractivity contribution in [3.8, 4) is 5.69 Å². The highest BCUT2D eigenvalue weighted by Crippen LogP contribution is 2.60. The standard InChI is InChI=1S/C29H29ClF2N8O4/c1-6-10-33-27(18-8-7-9-22(26(18)32)39-16(4)35-36-17(39)5)20(31)13-38-14(2)11-19(25(30)28(38)41)23-15(3)24(23)21-12-34-40(37-21)29(42,43)44/h6-13,15,23-24,42-44H,1-5H3/b10-6+,20-13-,33-27+. The lowest BCUT2D eigenvalue weighted by molar-refractivity contribution is -0.387. The number of rotatable bonds is 8. The second-order valence-corrected chi connectivity index (χ2v) is 10.9. The van der Waals surface area contributed by atoms with Crippen molar-refractivity contribution in [1.82, 2.24) is 34.3 Å². The first-order valence-corrected chi connectivity index (χ1v) is 13.9. The molecular weight excluding hydrogens is 598 g/mol. The maximum atomic E-state index is 16.0. The molecule has 15 heteroatoms. The van der Waals surface area contributed by atoms with E-state index in [-0.39, 0.29) is 39.7 Å². The van der Waals surface area contributed by atoms with Crippen LogP contribution in [0.1, 0.15) is 59.8 Å². The minimum atomic E-state index is -3.26. The number of halogens is 3. The average molecular weight is 627 g/mol. The van der Waals surface area contributed by atoms with Gasteiger partial charge in [0.1, 0.15) is 22.4 Å². The Morgan fingerprint density at radius 2 is 1.82 bits per heavy atom. The smallest absolute Gasteiger partial charge is 0.323 e. The fourth-order valence-electron chi connectivity index (χ4n) is 5.39. The van der Waals surface area contributed by atoms with Crippen molar-refractivity contribution in [2.75, 3.05) is 0 Å². The Morgan fingerprint density at radius 3 is 2.43 bits per heavy atom. The molecule has 0 saturated heterocycles. The van der Waals surface area contributed by atoms with Gasteiger partial charge in [-0.15, -0.1) is 10.2 Å². The highest BCUT2D eigenvalue weighted by Gasteiger charge is 2.51. The summed E-state index contributed by atoms with van der Waals surface area (Å²) in [5.74, 6) is -1.47. The highest BCUT2D eigenvalue weighted by molar-refractivity contribution is 6.31. The molecule has 12 nitrogen and oxygen atoms in total. The zero-order chi connectivity index (χ0) is 32.1. The zero-order valence-corrected chi connectivity index (χ0v) is 25.1. The Balaban J connectivity index is 1.53. The SMILES string of the molecule is C/C=C/N=C(/C(F)=C/n1c(C)cc(C2C(C)C2c2cnn(C(O)(O)O)n2)c(Cl)c1=O)c1cccc(-n2c(C)nnc2C)c1F. The Bertz CT molecular complexity index is 1880. The van der Waals surface area contributed by atoms with E-state index in [0.717, 1.165) is 10.8 Å². The summed E-state index contributed by atoms with van der Waals surface area (Å²) < 4.78 is 34.4. The van der Waals surface area contributed by atoms with Crippen LogP contribution < -0.4 is 5.56 Å². The molecule has 1 saturated carbocycles. The van der Waals surface area contributed by atoms with Gasteiger partial charge in [0.15, 0.2) is 11.6 Å². The fraction of sp³-hybridized carbons (Fsp3) is 0.310. The van der Waals surface area contributed by atoms with Gasteiger partial charge in [-0.2, -0.15) is 10.2 Å². The summed E-state index contributed by atoms with van der Waals surface area (Å²) in [4.78, 5) is 17.9. The molecule has 3 N–H and O–H groups in total. The second kappa shape index (κ2) is 11.6. The van der Waals surface area contributed by atoms with Crippen molar-refractivity contribution >= 4 is 23.5 Å². The largest absolute Gasteiger partial charge is 0.405 e. The lowest BCUT2D eigenvalue weighted by Gasteiger charge is -2.13. The molecule has 1 aliphatic carbocycles. The van der Waals surface area contributed by atoms with E-state index in [9.17, 15) is 20.1 Å². The van der Waals surface area contributed by atoms with Gasteiger partial charge < -0.3 is 15.3 Å². The Kier molecular flexibility index (Phi) is 8.20. The Labute approximate surface area is 254 Å². The molecule has 1 aliphatic rings. The third-order valence-corrected chi connectivity index (χ3v) is 7.92. The van der Waals surface area contributed by atoms with Crippen LogP contribution in [0, 0.1) is 32.5 Å². The summed E-state index contributed by atoms with van der Waals surface area (Å²) in [7, 11) is 0. The number of aromatic nitrogens is 7. The molecule has 3 aromatic heterocycles. The predicted molar refractivity (Wildman–Crippen MR) is 157 cm³/mol. The van der Waals surface area contributed by atoms with Gasteiger partial charge in [0, 0.05) is 23.4 Å². The molecule has 3 atom stereocenters. The summed E-state index contributed by atoms with van der Waals surface area (Å²) in [6.07, 6.45) is 1.81. The van der Waals surface area contributed by atoms with Crippen molar-refractivity contribution in [1.29, 1.82) is 0 Å². The minimum absolute atomic E-state index is 0.0576. The first-order chi connectivity index (χ1) is 20.8. The number of aliphatic hydroxyl groups is 3. The molecule has 230 valence electrons. The monoisotopic (exact) mass is 626 g/mol. The Hall–Kier alpha value is -4.37. The number of hydrogen-bond donors (Lipinski definition) is 3. The van der Waals surface area contributed by atoms with Gasteiger partial charge in [-0.25, -0.2) is 8.78 Å². The van der Waals surface area contributed by atoms with Crippen LogP contribution >= 0.6 is 11.6 Å². The average Bonchev–Trinajstić information content (AvgIpc) is 3.25. The van der Waals surface area contributed by atoms with Crippen molar-refractivity contribution in [2.45, 2.75) is 52.6 Å². The second-order valence-electron chi connectivity index (χ2n) is 10.5. The molecule has 3 heterocycles. The third-order valence-electron chi connectivity index (χ3n) is 7.54. The van der Waals surface area contributed by atoms with Crippen molar-refractivity contribution in [3.05, 3.63) is 104 Å². The summed E-state index contributed by atoms with van der Waals surface area (Å²) in [5.41, 5.74) is 0.129. The van der Waals surface area contributed by atoms with Crippen molar-refractivity contribution < 1.29 is 24.1 Å². The Morgan fingerprint density at radius 1 is 1.14 bits per heavy atom. The molecule has 0 amide bonds. The summed E-state index contributed by atoms with van der Waals surface area (Å²) in [5, 5.41) is 43.4. The van der Waals surface area contributed by atoms with Crippen LogP contribution in [0.3, 0.4) is 0 Å². The van der Waals surface area contributed by atoms with Crippen LogP contribution in [0.2, 0.25) is 5.02 Å². The van der Waals surface area contributed by atoms with Gasteiger partial charge in [-0.1, -0.05) is 35.5 Å². The number of aliphatic imine (C=N–C) groups is 1. The highest BCUT2D eigenvalue weighted by atomic mass is 35.5. The molecule has 1 aromatic carbocycles. The van der Waals surface area contributed by atoms with Gasteiger partial charge >= 0.3 is 6.10 Å². The maximum Gasteiger partial charge on any atom is 0.405 e. The number of aryl methyl sites for hydroxylation is 3. The number of allylic oxidation sites excluding steroid dienone is 2. The van der Waals surface area contributed by atoms with Gasteiger partial charge in [-0.3, -0.25) is 18.9 Å². The van der Waals surface area contributed by atoms with Gasteiger partial charge in [0.2, 0.25) is 0 Å². The number of nitrogens with zero attached hydrogens (tertiary/aromatic N) is 8. The van der Waals surface area contributed by atoms with Gasteiger partial charge in [-0.05, 0) is 63.3 Å². The maximum absolute atomic E-state index is 16.0. The molecule has 0 bridgehead atoms. The lowest BCUT2D eigenvalue weighted by Crippen LogP contribution is -2.34. The van der Waals surface area contributed by atoms with E-state index >= 15 is 8.78 Å². The van der Waals surface area contributed by atoms with Crippen LogP contribution in [-0.4, -0.2) is 55.4 Å². The minimum Gasteiger partial charge on any atom is -0.323 e. The lowest BCUT2D eigenvalue weighted by atomic mass is 10.1. The number of hydrogen-bond acceptors (Lipinski definition) is 9. The summed E-state index contributed by atoms with van der Waals surface area (Å²) in [6.45, 7) is 8.50. The van der Waals surface area contributed by atoms with E-state index in [2.05, 4.69) is 25.4 Å². The van der Waals surface area contributed by atoms with E-state index in [1.54, 1.807) is 45.9 Å². The van der Waals surface area contributed by atoms with Crippen LogP contribution in [0.25, 0.3) is 11.9 Å². The van der Waals surface area contributed by atoms with E-state index < -0.39 is 23.3 Å². The predicted octanol–water partition coefficient (Wildman–Crippen LogP) is 3.59. The molecule has 0 aliphatic heterocycles. The fourth-order valence-corrected chi connectivity index (χ4v) is 5.66. The summed E-state index contributed by atoms with van der Waals surface area (Å²) in [6, 6.07) is 6.11. The molecule has 0 spiro atoms. The van der Waals surface area contributed by atoms with Gasteiger partial charge in [0.05, 0.1) is 23.8 Å². The molecule has 1 fully saturated rings. The molecule has 0 radical (unpaired) electrons. The first-order valence-electron chi connectivity index (χ1n) is 13.5. The molecular formula is C29H29ClF2N8O4. The number of benzene rings is 1. The van der Waals surface area contributed by atoms with Crippen LogP contribution in [0.5, 0.6) is 0 Å². The van der Waals surface area contributed by atoms with Crippen molar-refractivity contribution in [3.63, 3.8) is 0 Å². The normalized spacial score (nSPS) is 19.3. The molecule has 3 unspecified atom stereocenters. The molecule has 4 aromatic rings. The third kappa shape index (κ3) is 5.52. The van der Waals surface area contributed by atoms with E-state index in [4.69, 9.17) is 11.6 Å². The molecule has 5 rings (SSSR count). The van der Waals surface area contributed by atoms with E-state index in [1.165, 1.54) is 29.1 Å². The van der Waals surface area contributed by atoms with Crippen LogP contribution in [-0.2, 0) is 6.10 Å². The first kappa shape index (κ1) is 31.1. The van der Waals surface area contributed by atoms with Crippen molar-refractivity contribution in [2.24, 2.45) is 10.9 Å². The molecule has 44 heavy (non-hydrogen) atoms. The topological polar surface area (TPSA) is 156 Å². The van der Waals surface area contributed by atoms with Gasteiger partial charge in [0.25, 0.3) is 5.56 Å². The zero-order valence-electron chi connectivity index (χ0n) is 24.3. The quantitative estimate of drug-likeness (QED) is 0.198. The number of pyridine rings is 1. The van der Waals surface area contributed by atoms with E-state index in [1.807, 2.05) is 6.92 Å². The van der Waals surface area contributed by atoms with Crippen LogP contribution in [0.15, 0.2) is 58.4 Å². The summed E-state index contributed by atoms with van der Waals surface area (Å²) >= 11 is 6.54. The van der Waals surface area contributed by atoms with Crippen LogP contribution in [0.4, 0.5) is 8.78 Å².